The van der Waals surface area contributed by atoms with E-state index in [1.165, 1.54) is 0 Å². The van der Waals surface area contributed by atoms with E-state index < -0.39 is 0 Å². The van der Waals surface area contributed by atoms with Gasteiger partial charge in [-0.2, -0.15) is 0 Å². The van der Waals surface area contributed by atoms with Crippen LogP contribution in [0.2, 0.25) is 0 Å². The van der Waals surface area contributed by atoms with Gasteiger partial charge in [0, 0.05) is 5.39 Å². The van der Waals surface area contributed by atoms with E-state index in [9.17, 15) is 0 Å². The lowest BCUT2D eigenvalue weighted by atomic mass is 10.0. The Balaban J connectivity index is 2.01. The van der Waals surface area contributed by atoms with Gasteiger partial charge in [-0.3, -0.25) is 0 Å². The van der Waals surface area contributed by atoms with Gasteiger partial charge in [0.2, 0.25) is 5.89 Å². The van der Waals surface area contributed by atoms with Crippen LogP contribution in [-0.4, -0.2) is 13.0 Å². The zero-order valence-electron chi connectivity index (χ0n) is 11.1. The van der Waals surface area contributed by atoms with Crippen molar-refractivity contribution in [1.82, 2.24) is 4.98 Å². The molecule has 1 heterocycles. The van der Waals surface area contributed by atoms with Gasteiger partial charge in [-0.25, -0.2) is 4.98 Å². The zero-order chi connectivity index (χ0) is 14.2. The Bertz CT molecular complexity index is 913. The van der Waals surface area contributed by atoms with Crippen molar-refractivity contribution in [3.8, 4) is 17.2 Å². The number of hydrogen-bond donors (Lipinski definition) is 0. The molecule has 3 nitrogen and oxygen atoms in total. The lowest BCUT2D eigenvalue weighted by molar-refractivity contribution is 0.598. The molecule has 0 saturated heterocycles. The van der Waals surface area contributed by atoms with Crippen molar-refractivity contribution in [3.63, 3.8) is 0 Å². The highest BCUT2D eigenvalue weighted by Gasteiger charge is 2.14. The summed E-state index contributed by atoms with van der Waals surface area (Å²) in [6.07, 6.45) is 0. The maximum Gasteiger partial charge on any atom is 0.374 e. The normalized spacial score (nSPS) is 11.0. The summed E-state index contributed by atoms with van der Waals surface area (Å²) in [5.41, 5.74) is 2.29. The number of aromatic nitrogens is 1. The summed E-state index contributed by atoms with van der Waals surface area (Å²) in [6.45, 7) is 0. The van der Waals surface area contributed by atoms with Gasteiger partial charge < -0.3 is 9.07 Å². The second-order valence-electron chi connectivity index (χ2n) is 4.77. The van der Waals surface area contributed by atoms with E-state index in [-0.39, 0.29) is 0 Å². The number of fused-ring (bicyclic) bond motifs is 2. The third kappa shape index (κ3) is 1.88. The molecule has 3 aromatic carbocycles. The summed E-state index contributed by atoms with van der Waals surface area (Å²) in [4.78, 5) is 4.50. The lowest BCUT2D eigenvalue weighted by Gasteiger charge is -2.09. The van der Waals surface area contributed by atoms with E-state index in [1.54, 1.807) is 0 Å². The molecule has 0 aliphatic rings. The summed E-state index contributed by atoms with van der Waals surface area (Å²) in [5, 5.41) is 1.98. The molecule has 0 saturated carbocycles. The fourth-order valence-corrected chi connectivity index (χ4v) is 2.53. The molecule has 0 atom stereocenters. The highest BCUT2D eigenvalue weighted by molar-refractivity contribution is 6.04. The van der Waals surface area contributed by atoms with Crippen molar-refractivity contribution in [2.45, 2.75) is 0 Å². The quantitative estimate of drug-likeness (QED) is 0.514. The van der Waals surface area contributed by atoms with E-state index in [0.29, 0.717) is 11.6 Å². The summed E-state index contributed by atoms with van der Waals surface area (Å²) in [7, 11) is 5.48. The molecule has 0 N–H and O–H groups in total. The van der Waals surface area contributed by atoms with Crippen molar-refractivity contribution in [2.75, 3.05) is 0 Å². The van der Waals surface area contributed by atoms with Crippen LogP contribution >= 0.6 is 0 Å². The van der Waals surface area contributed by atoms with Crippen LogP contribution in [-0.2, 0) is 0 Å². The first-order valence-corrected chi connectivity index (χ1v) is 6.61. The standard InChI is InChI=1S/C17H10BNO2/c18-21-16-12-6-2-1-5-11(12)9-10-13(16)17-19-14-7-3-4-8-15(14)20-17/h1-10H. The molecule has 0 fully saturated rings. The molecule has 4 rings (SSSR count). The van der Waals surface area contributed by atoms with Gasteiger partial charge in [-0.05, 0) is 23.6 Å². The van der Waals surface area contributed by atoms with E-state index in [1.807, 2.05) is 60.7 Å². The van der Waals surface area contributed by atoms with Crippen molar-refractivity contribution >= 4 is 29.9 Å². The molecule has 0 bridgehead atoms. The molecular weight excluding hydrogens is 261 g/mol. The van der Waals surface area contributed by atoms with Crippen LogP contribution in [0.3, 0.4) is 0 Å². The third-order valence-corrected chi connectivity index (χ3v) is 3.52. The smallest absolute Gasteiger partial charge is 0.374 e. The van der Waals surface area contributed by atoms with Crippen LogP contribution in [0.25, 0.3) is 33.3 Å². The van der Waals surface area contributed by atoms with Gasteiger partial charge >= 0.3 is 8.05 Å². The maximum atomic E-state index is 5.80. The fourth-order valence-electron chi connectivity index (χ4n) is 2.53. The number of nitrogens with zero attached hydrogens (tertiary/aromatic N) is 1. The average Bonchev–Trinajstić information content (AvgIpc) is 2.97. The van der Waals surface area contributed by atoms with Crippen molar-refractivity contribution in [3.05, 3.63) is 60.7 Å². The Morgan fingerprint density at radius 3 is 2.57 bits per heavy atom. The topological polar surface area (TPSA) is 35.3 Å². The molecule has 4 aromatic rings. The second kappa shape index (κ2) is 4.67. The Morgan fingerprint density at radius 2 is 1.71 bits per heavy atom. The molecule has 4 heteroatoms. The minimum absolute atomic E-state index is 0.502. The summed E-state index contributed by atoms with van der Waals surface area (Å²) in [6, 6.07) is 19.4. The van der Waals surface area contributed by atoms with Crippen LogP contribution in [0, 0.1) is 0 Å². The van der Waals surface area contributed by atoms with Gasteiger partial charge in [0.05, 0.1) is 5.56 Å². The van der Waals surface area contributed by atoms with Crippen LogP contribution in [0.5, 0.6) is 5.75 Å². The van der Waals surface area contributed by atoms with Gasteiger partial charge in [0.15, 0.2) is 5.58 Å². The molecule has 0 amide bonds. The van der Waals surface area contributed by atoms with Gasteiger partial charge in [0.1, 0.15) is 11.3 Å². The first-order chi connectivity index (χ1) is 10.4. The van der Waals surface area contributed by atoms with Gasteiger partial charge in [0.25, 0.3) is 0 Å². The summed E-state index contributed by atoms with van der Waals surface area (Å²) >= 11 is 0. The minimum atomic E-state index is 0.502. The van der Waals surface area contributed by atoms with E-state index in [4.69, 9.17) is 17.1 Å². The number of oxazole rings is 1. The number of benzene rings is 3. The molecular formula is C17H10BNO2. The van der Waals surface area contributed by atoms with Crippen molar-refractivity contribution < 1.29 is 9.07 Å². The first kappa shape index (κ1) is 12.0. The predicted molar refractivity (Wildman–Crippen MR) is 83.3 cm³/mol. The highest BCUT2D eigenvalue weighted by Crippen LogP contribution is 2.37. The van der Waals surface area contributed by atoms with E-state index >= 15 is 0 Å². The summed E-state index contributed by atoms with van der Waals surface area (Å²) in [5.74, 6) is 1.07. The molecule has 0 aliphatic carbocycles. The van der Waals surface area contributed by atoms with E-state index in [0.717, 1.165) is 27.4 Å². The Morgan fingerprint density at radius 1 is 0.905 bits per heavy atom. The van der Waals surface area contributed by atoms with Gasteiger partial charge in [-0.15, -0.1) is 0 Å². The monoisotopic (exact) mass is 271 g/mol. The molecule has 0 unspecified atom stereocenters. The molecule has 98 valence electrons. The Hall–Kier alpha value is -2.75. The van der Waals surface area contributed by atoms with Crippen LogP contribution in [0.1, 0.15) is 0 Å². The molecule has 0 aliphatic heterocycles. The number of hydrogen-bond acceptors (Lipinski definition) is 3. The van der Waals surface area contributed by atoms with E-state index in [2.05, 4.69) is 4.98 Å². The third-order valence-electron chi connectivity index (χ3n) is 3.52. The van der Waals surface area contributed by atoms with Crippen molar-refractivity contribution in [2.24, 2.45) is 0 Å². The highest BCUT2D eigenvalue weighted by atomic mass is 16.4. The average molecular weight is 271 g/mol. The number of para-hydroxylation sites is 2. The van der Waals surface area contributed by atoms with Crippen molar-refractivity contribution in [1.29, 1.82) is 0 Å². The number of rotatable bonds is 2. The SMILES string of the molecule is [B]Oc1c(-c2nc3ccccc3o2)ccc2ccccc12. The molecule has 1 aromatic heterocycles. The summed E-state index contributed by atoms with van der Waals surface area (Å²) < 4.78 is 10.9. The molecule has 2 radical (unpaired) electrons. The fraction of sp³-hybridized carbons (Fsp3) is 0. The molecule has 21 heavy (non-hydrogen) atoms. The van der Waals surface area contributed by atoms with Gasteiger partial charge in [-0.1, -0.05) is 42.5 Å². The van der Waals surface area contributed by atoms with Crippen LogP contribution < -0.4 is 4.65 Å². The zero-order valence-corrected chi connectivity index (χ0v) is 11.1. The molecule has 0 spiro atoms. The van der Waals surface area contributed by atoms with Crippen LogP contribution in [0.15, 0.2) is 65.1 Å². The Labute approximate surface area is 122 Å². The first-order valence-electron chi connectivity index (χ1n) is 6.61. The minimum Gasteiger partial charge on any atom is -0.567 e. The largest absolute Gasteiger partial charge is 0.567 e. The van der Waals surface area contributed by atoms with Crippen LogP contribution in [0.4, 0.5) is 0 Å². The second-order valence-corrected chi connectivity index (χ2v) is 4.77. The Kier molecular flexibility index (Phi) is 2.67. The predicted octanol–water partition coefficient (Wildman–Crippen LogP) is 4.11. The lowest BCUT2D eigenvalue weighted by Crippen LogP contribution is -1.91. The maximum absolute atomic E-state index is 5.80.